The van der Waals surface area contributed by atoms with Crippen molar-refractivity contribution in [1.29, 1.82) is 0 Å². The van der Waals surface area contributed by atoms with Gasteiger partial charge < -0.3 is 5.32 Å². The summed E-state index contributed by atoms with van der Waals surface area (Å²) in [6, 6.07) is 6.58. The lowest BCUT2D eigenvalue weighted by molar-refractivity contribution is 0.102. The van der Waals surface area contributed by atoms with E-state index >= 15 is 0 Å². The predicted octanol–water partition coefficient (Wildman–Crippen LogP) is 3.34. The van der Waals surface area contributed by atoms with E-state index in [0.717, 1.165) is 5.56 Å². The predicted molar refractivity (Wildman–Crippen MR) is 71.2 cm³/mol. The van der Waals surface area contributed by atoms with Crippen molar-refractivity contribution < 1.29 is 4.79 Å². The first-order valence-corrected chi connectivity index (χ1v) is 5.88. The monoisotopic (exact) mass is 281 g/mol. The van der Waals surface area contributed by atoms with Crippen LogP contribution in [0.15, 0.2) is 30.5 Å². The number of aromatic nitrogens is 2. The number of halogens is 2. The molecule has 0 unspecified atom stereocenters. The van der Waals surface area contributed by atoms with Crippen molar-refractivity contribution in [1.82, 2.24) is 9.97 Å². The highest BCUT2D eigenvalue weighted by Gasteiger charge is 2.09. The van der Waals surface area contributed by atoms with Gasteiger partial charge in [0, 0.05) is 0 Å². The number of amides is 1. The van der Waals surface area contributed by atoms with Gasteiger partial charge in [-0.2, -0.15) is 0 Å². The summed E-state index contributed by atoms with van der Waals surface area (Å²) in [4.78, 5) is 19.7. The van der Waals surface area contributed by atoms with Crippen molar-refractivity contribution in [2.24, 2.45) is 0 Å². The van der Waals surface area contributed by atoms with Crippen molar-refractivity contribution >= 4 is 34.8 Å². The first-order chi connectivity index (χ1) is 8.56. The highest BCUT2D eigenvalue weighted by Crippen LogP contribution is 2.16. The van der Waals surface area contributed by atoms with Crippen molar-refractivity contribution in [3.63, 3.8) is 0 Å². The molecule has 0 saturated carbocycles. The van der Waals surface area contributed by atoms with Crippen molar-refractivity contribution in [3.05, 3.63) is 52.0 Å². The van der Waals surface area contributed by atoms with Gasteiger partial charge in [0.2, 0.25) is 0 Å². The van der Waals surface area contributed by atoms with Crippen LogP contribution >= 0.6 is 23.2 Å². The molecule has 0 saturated heterocycles. The summed E-state index contributed by atoms with van der Waals surface area (Å²) in [5.74, 6) is -0.346. The maximum atomic E-state index is 11.9. The average Bonchev–Trinajstić information content (AvgIpc) is 2.34. The largest absolute Gasteiger partial charge is 0.319 e. The summed E-state index contributed by atoms with van der Waals surface area (Å²) in [5.41, 5.74) is 1.59. The SMILES string of the molecule is Cc1cc(NC(=O)c2cccc(Cl)n2)cnc1Cl. The lowest BCUT2D eigenvalue weighted by Crippen LogP contribution is -2.13. The van der Waals surface area contributed by atoms with Gasteiger partial charge in [-0.3, -0.25) is 4.79 Å². The Morgan fingerprint density at radius 2 is 2.11 bits per heavy atom. The minimum atomic E-state index is -0.346. The lowest BCUT2D eigenvalue weighted by Gasteiger charge is -2.06. The van der Waals surface area contributed by atoms with Crippen molar-refractivity contribution in [3.8, 4) is 0 Å². The van der Waals surface area contributed by atoms with E-state index in [1.807, 2.05) is 6.92 Å². The Morgan fingerprint density at radius 1 is 1.33 bits per heavy atom. The molecule has 6 heteroatoms. The van der Waals surface area contributed by atoms with Gasteiger partial charge in [-0.15, -0.1) is 0 Å². The van der Waals surface area contributed by atoms with Crippen LogP contribution in [0.4, 0.5) is 5.69 Å². The van der Waals surface area contributed by atoms with Crippen LogP contribution < -0.4 is 5.32 Å². The molecule has 2 aromatic rings. The zero-order chi connectivity index (χ0) is 13.1. The fraction of sp³-hybridized carbons (Fsp3) is 0.0833. The van der Waals surface area contributed by atoms with Gasteiger partial charge in [0.1, 0.15) is 16.0 Å². The molecular formula is C12H9Cl2N3O. The van der Waals surface area contributed by atoms with Crippen LogP contribution in [-0.2, 0) is 0 Å². The Bertz CT molecular complexity index is 602. The Kier molecular flexibility index (Phi) is 3.79. The first kappa shape index (κ1) is 12.8. The molecule has 0 atom stereocenters. The van der Waals surface area contributed by atoms with E-state index in [1.165, 1.54) is 6.20 Å². The van der Waals surface area contributed by atoms with Crippen LogP contribution in [0.2, 0.25) is 10.3 Å². The number of aryl methyl sites for hydroxylation is 1. The van der Waals surface area contributed by atoms with Crippen molar-refractivity contribution in [2.45, 2.75) is 6.92 Å². The van der Waals surface area contributed by atoms with Crippen molar-refractivity contribution in [2.75, 3.05) is 5.32 Å². The molecule has 0 fully saturated rings. The molecule has 0 aliphatic carbocycles. The number of carbonyl (C=O) groups excluding carboxylic acids is 1. The Labute approximate surface area is 114 Å². The molecular weight excluding hydrogens is 273 g/mol. The topological polar surface area (TPSA) is 54.9 Å². The standard InChI is InChI=1S/C12H9Cl2N3O/c1-7-5-8(6-15-11(7)14)16-12(18)9-3-2-4-10(13)17-9/h2-6H,1H3,(H,16,18). The van der Waals surface area contributed by atoms with E-state index < -0.39 is 0 Å². The maximum absolute atomic E-state index is 11.9. The Hall–Kier alpha value is -1.65. The molecule has 2 rings (SSSR count). The van der Waals surface area contributed by atoms with Crippen LogP contribution in [0.1, 0.15) is 16.1 Å². The fourth-order valence-electron chi connectivity index (χ4n) is 1.36. The highest BCUT2D eigenvalue weighted by molar-refractivity contribution is 6.30. The van der Waals surface area contributed by atoms with Gasteiger partial charge in [0.25, 0.3) is 5.91 Å². The van der Waals surface area contributed by atoms with E-state index in [0.29, 0.717) is 10.8 Å². The second-order valence-electron chi connectivity index (χ2n) is 3.63. The second kappa shape index (κ2) is 5.33. The molecule has 0 spiro atoms. The van der Waals surface area contributed by atoms with E-state index in [9.17, 15) is 4.79 Å². The first-order valence-electron chi connectivity index (χ1n) is 5.12. The fourth-order valence-corrected chi connectivity index (χ4v) is 1.62. The molecule has 2 heterocycles. The summed E-state index contributed by atoms with van der Waals surface area (Å²) in [7, 11) is 0. The number of nitrogens with one attached hydrogen (secondary N) is 1. The molecule has 1 amide bonds. The Balaban J connectivity index is 2.18. The molecule has 4 nitrogen and oxygen atoms in total. The summed E-state index contributed by atoms with van der Waals surface area (Å²) >= 11 is 11.5. The number of rotatable bonds is 2. The number of carbonyl (C=O) groups is 1. The molecule has 0 radical (unpaired) electrons. The van der Waals surface area contributed by atoms with Gasteiger partial charge >= 0.3 is 0 Å². The number of pyridine rings is 2. The zero-order valence-corrected chi connectivity index (χ0v) is 11.0. The minimum Gasteiger partial charge on any atom is -0.319 e. The van der Waals surface area contributed by atoms with E-state index in [1.54, 1.807) is 24.3 Å². The highest BCUT2D eigenvalue weighted by atomic mass is 35.5. The van der Waals surface area contributed by atoms with E-state index in [-0.39, 0.29) is 16.8 Å². The van der Waals surface area contributed by atoms with E-state index in [2.05, 4.69) is 15.3 Å². The molecule has 1 N–H and O–H groups in total. The summed E-state index contributed by atoms with van der Waals surface area (Å²) in [6.07, 6.45) is 1.48. The van der Waals surface area contributed by atoms with Crippen LogP contribution in [0.25, 0.3) is 0 Å². The molecule has 0 aliphatic rings. The Morgan fingerprint density at radius 3 is 2.78 bits per heavy atom. The molecule has 0 aromatic carbocycles. The molecule has 0 bridgehead atoms. The summed E-state index contributed by atoms with van der Waals surface area (Å²) in [6.45, 7) is 1.81. The maximum Gasteiger partial charge on any atom is 0.274 e. The number of hydrogen-bond donors (Lipinski definition) is 1. The molecule has 92 valence electrons. The molecule has 2 aromatic heterocycles. The normalized spacial score (nSPS) is 10.2. The average molecular weight is 282 g/mol. The zero-order valence-electron chi connectivity index (χ0n) is 9.45. The van der Waals surface area contributed by atoms with Gasteiger partial charge in [-0.1, -0.05) is 29.3 Å². The summed E-state index contributed by atoms with van der Waals surface area (Å²) in [5, 5.41) is 3.35. The molecule has 0 aliphatic heterocycles. The van der Waals surface area contributed by atoms with E-state index in [4.69, 9.17) is 23.2 Å². The van der Waals surface area contributed by atoms with Crippen LogP contribution in [0.3, 0.4) is 0 Å². The summed E-state index contributed by atoms with van der Waals surface area (Å²) < 4.78 is 0. The molecule has 18 heavy (non-hydrogen) atoms. The van der Waals surface area contributed by atoms with Gasteiger partial charge in [-0.05, 0) is 30.7 Å². The number of nitrogens with zero attached hydrogens (tertiary/aromatic N) is 2. The van der Waals surface area contributed by atoms with Crippen LogP contribution in [-0.4, -0.2) is 15.9 Å². The third-order valence-electron chi connectivity index (χ3n) is 2.22. The minimum absolute atomic E-state index is 0.245. The quantitative estimate of drug-likeness (QED) is 0.859. The van der Waals surface area contributed by atoms with Crippen LogP contribution in [0.5, 0.6) is 0 Å². The second-order valence-corrected chi connectivity index (χ2v) is 4.38. The lowest BCUT2D eigenvalue weighted by atomic mass is 10.3. The third kappa shape index (κ3) is 2.97. The number of anilines is 1. The van der Waals surface area contributed by atoms with Crippen LogP contribution in [0, 0.1) is 6.92 Å². The van der Waals surface area contributed by atoms with Gasteiger partial charge in [-0.25, -0.2) is 9.97 Å². The van der Waals surface area contributed by atoms with Gasteiger partial charge in [0.05, 0.1) is 11.9 Å². The third-order valence-corrected chi connectivity index (χ3v) is 2.83. The van der Waals surface area contributed by atoms with Gasteiger partial charge in [0.15, 0.2) is 0 Å². The smallest absolute Gasteiger partial charge is 0.274 e. The number of hydrogen-bond acceptors (Lipinski definition) is 3.